The highest BCUT2D eigenvalue weighted by molar-refractivity contribution is 5.96. The largest absolute Gasteiger partial charge is 0.311 e. The smallest absolute Gasteiger partial charge is 0.234 e. The van der Waals surface area contributed by atoms with Gasteiger partial charge in [0.05, 0.1) is 11.9 Å². The minimum Gasteiger partial charge on any atom is -0.311 e. The van der Waals surface area contributed by atoms with E-state index in [4.69, 9.17) is 0 Å². The number of benzene rings is 1. The number of amides is 1. The Hall–Kier alpha value is -2.73. The maximum absolute atomic E-state index is 12.3. The van der Waals surface area contributed by atoms with Gasteiger partial charge in [0.2, 0.25) is 11.7 Å². The molecule has 6 nitrogen and oxygen atoms in total. The molecule has 0 bridgehead atoms. The minimum absolute atomic E-state index is 0.136. The second kappa shape index (κ2) is 6.29. The van der Waals surface area contributed by atoms with Gasteiger partial charge >= 0.3 is 0 Å². The predicted octanol–water partition coefficient (Wildman–Crippen LogP) is 2.24. The van der Waals surface area contributed by atoms with Crippen molar-refractivity contribution < 1.29 is 4.79 Å². The van der Waals surface area contributed by atoms with E-state index in [1.807, 2.05) is 48.4 Å². The molecule has 1 fully saturated rings. The first-order valence-corrected chi connectivity index (χ1v) is 8.51. The molecule has 1 aliphatic rings. The SMILES string of the molecule is Cc1cc(C)n2c(CNC3CC(=O)N(c4ccccc4)C3)cnc2n1. The van der Waals surface area contributed by atoms with Crippen molar-refractivity contribution in [3.63, 3.8) is 0 Å². The van der Waals surface area contributed by atoms with E-state index < -0.39 is 0 Å². The van der Waals surface area contributed by atoms with Gasteiger partial charge in [0.25, 0.3) is 0 Å². The van der Waals surface area contributed by atoms with E-state index in [0.717, 1.165) is 28.5 Å². The Morgan fingerprint density at radius 1 is 1.24 bits per heavy atom. The van der Waals surface area contributed by atoms with Crippen molar-refractivity contribution >= 4 is 17.4 Å². The van der Waals surface area contributed by atoms with Crippen LogP contribution in [0.3, 0.4) is 0 Å². The van der Waals surface area contributed by atoms with Gasteiger partial charge in [-0.3, -0.25) is 9.20 Å². The Balaban J connectivity index is 1.47. The number of hydrogen-bond acceptors (Lipinski definition) is 4. The lowest BCUT2D eigenvalue weighted by Gasteiger charge is -2.17. The third kappa shape index (κ3) is 3.00. The van der Waals surface area contributed by atoms with Crippen LogP contribution < -0.4 is 10.2 Å². The zero-order valence-electron chi connectivity index (χ0n) is 14.4. The Bertz CT molecular complexity index is 918. The number of carbonyl (C=O) groups is 1. The molecule has 1 aromatic carbocycles. The Morgan fingerprint density at radius 3 is 2.84 bits per heavy atom. The molecule has 3 heterocycles. The molecular weight excluding hydrogens is 314 g/mol. The van der Waals surface area contributed by atoms with Crippen LogP contribution >= 0.6 is 0 Å². The van der Waals surface area contributed by atoms with Gasteiger partial charge in [0, 0.05) is 42.6 Å². The third-order valence-electron chi connectivity index (χ3n) is 4.63. The van der Waals surface area contributed by atoms with Gasteiger partial charge in [-0.05, 0) is 32.0 Å². The Kier molecular flexibility index (Phi) is 3.97. The maximum Gasteiger partial charge on any atom is 0.234 e. The summed E-state index contributed by atoms with van der Waals surface area (Å²) >= 11 is 0. The fourth-order valence-electron chi connectivity index (χ4n) is 3.47. The number of rotatable bonds is 4. The van der Waals surface area contributed by atoms with Crippen molar-refractivity contribution in [2.24, 2.45) is 0 Å². The first-order chi connectivity index (χ1) is 12.1. The summed E-state index contributed by atoms with van der Waals surface area (Å²) in [5.74, 6) is 0.887. The summed E-state index contributed by atoms with van der Waals surface area (Å²) in [4.78, 5) is 23.0. The molecule has 0 spiro atoms. The molecule has 1 aliphatic heterocycles. The summed E-state index contributed by atoms with van der Waals surface area (Å²) in [7, 11) is 0. The number of carbonyl (C=O) groups excluding carboxylic acids is 1. The van der Waals surface area contributed by atoms with Gasteiger partial charge in [-0.2, -0.15) is 0 Å². The second-order valence-corrected chi connectivity index (χ2v) is 6.55. The molecule has 0 aliphatic carbocycles. The van der Waals surface area contributed by atoms with Crippen molar-refractivity contribution in [3.05, 3.63) is 59.7 Å². The normalized spacial score (nSPS) is 17.6. The number of para-hydroxylation sites is 1. The van der Waals surface area contributed by atoms with Crippen LogP contribution in [0.15, 0.2) is 42.6 Å². The predicted molar refractivity (Wildman–Crippen MR) is 96.5 cm³/mol. The molecule has 1 amide bonds. The van der Waals surface area contributed by atoms with Crippen LogP contribution in [-0.4, -0.2) is 32.9 Å². The quantitative estimate of drug-likeness (QED) is 0.794. The molecule has 3 aromatic rings. The number of fused-ring (bicyclic) bond motifs is 1. The lowest BCUT2D eigenvalue weighted by molar-refractivity contribution is -0.117. The van der Waals surface area contributed by atoms with Crippen LogP contribution in [0, 0.1) is 13.8 Å². The zero-order valence-corrected chi connectivity index (χ0v) is 14.4. The van der Waals surface area contributed by atoms with Crippen LogP contribution in [0.5, 0.6) is 0 Å². The average molecular weight is 335 g/mol. The van der Waals surface area contributed by atoms with Crippen molar-refractivity contribution in [3.8, 4) is 0 Å². The van der Waals surface area contributed by atoms with E-state index >= 15 is 0 Å². The van der Waals surface area contributed by atoms with E-state index in [9.17, 15) is 4.79 Å². The lowest BCUT2D eigenvalue weighted by atomic mass is 10.2. The maximum atomic E-state index is 12.3. The number of nitrogens with zero attached hydrogens (tertiary/aromatic N) is 4. The summed E-state index contributed by atoms with van der Waals surface area (Å²) in [6.07, 6.45) is 2.37. The molecule has 2 aromatic heterocycles. The van der Waals surface area contributed by atoms with Gasteiger partial charge in [-0.25, -0.2) is 9.97 Å². The van der Waals surface area contributed by atoms with Gasteiger partial charge in [0.1, 0.15) is 0 Å². The second-order valence-electron chi connectivity index (χ2n) is 6.55. The van der Waals surface area contributed by atoms with Crippen molar-refractivity contribution in [1.29, 1.82) is 0 Å². The van der Waals surface area contributed by atoms with Gasteiger partial charge in [-0.15, -0.1) is 0 Å². The number of nitrogens with one attached hydrogen (secondary N) is 1. The highest BCUT2D eigenvalue weighted by Gasteiger charge is 2.30. The summed E-state index contributed by atoms with van der Waals surface area (Å²) in [5, 5.41) is 3.50. The van der Waals surface area contributed by atoms with E-state index in [2.05, 4.69) is 32.7 Å². The van der Waals surface area contributed by atoms with E-state index in [-0.39, 0.29) is 11.9 Å². The molecule has 0 radical (unpaired) electrons. The number of imidazole rings is 1. The first kappa shape index (κ1) is 15.8. The summed E-state index contributed by atoms with van der Waals surface area (Å²) < 4.78 is 2.06. The van der Waals surface area contributed by atoms with Crippen LogP contribution in [0.25, 0.3) is 5.78 Å². The molecule has 0 saturated carbocycles. The van der Waals surface area contributed by atoms with Gasteiger partial charge in [-0.1, -0.05) is 18.2 Å². The van der Waals surface area contributed by atoms with Gasteiger partial charge in [0.15, 0.2) is 0 Å². The molecule has 6 heteroatoms. The number of anilines is 1. The zero-order chi connectivity index (χ0) is 17.4. The van der Waals surface area contributed by atoms with E-state index in [0.29, 0.717) is 19.5 Å². The van der Waals surface area contributed by atoms with Crippen molar-refractivity contribution in [2.75, 3.05) is 11.4 Å². The number of hydrogen-bond donors (Lipinski definition) is 1. The van der Waals surface area contributed by atoms with Crippen LogP contribution in [0.2, 0.25) is 0 Å². The Labute approximate surface area is 146 Å². The topological polar surface area (TPSA) is 62.5 Å². The third-order valence-corrected chi connectivity index (χ3v) is 4.63. The lowest BCUT2D eigenvalue weighted by Crippen LogP contribution is -2.32. The summed E-state index contributed by atoms with van der Waals surface area (Å²) in [5.41, 5.74) is 4.10. The van der Waals surface area contributed by atoms with E-state index in [1.165, 1.54) is 0 Å². The molecule has 4 rings (SSSR count). The minimum atomic E-state index is 0.136. The fourth-order valence-corrected chi connectivity index (χ4v) is 3.47. The highest BCUT2D eigenvalue weighted by atomic mass is 16.2. The molecular formula is C19H21N5O. The molecule has 1 atom stereocenters. The summed E-state index contributed by atoms with van der Waals surface area (Å²) in [6.45, 7) is 5.38. The summed E-state index contributed by atoms with van der Waals surface area (Å²) in [6, 6.07) is 12.0. The fraction of sp³-hybridized carbons (Fsp3) is 0.316. The van der Waals surface area contributed by atoms with Crippen LogP contribution in [-0.2, 0) is 11.3 Å². The highest BCUT2D eigenvalue weighted by Crippen LogP contribution is 2.21. The van der Waals surface area contributed by atoms with Crippen LogP contribution in [0.1, 0.15) is 23.5 Å². The first-order valence-electron chi connectivity index (χ1n) is 8.51. The number of aromatic nitrogens is 3. The molecule has 1 N–H and O–H groups in total. The molecule has 128 valence electrons. The van der Waals surface area contributed by atoms with Crippen LogP contribution in [0.4, 0.5) is 5.69 Å². The standard InChI is InChI=1S/C19H21N5O/c1-13-8-14(2)24-17(11-21-19(24)22-13)10-20-15-9-18(25)23(12-15)16-6-4-3-5-7-16/h3-8,11,15,20H,9-10,12H2,1-2H3. The van der Waals surface area contributed by atoms with E-state index in [1.54, 1.807) is 0 Å². The molecule has 1 saturated heterocycles. The number of aryl methyl sites for hydroxylation is 2. The average Bonchev–Trinajstić information content (AvgIpc) is 3.17. The van der Waals surface area contributed by atoms with Crippen molar-refractivity contribution in [1.82, 2.24) is 19.7 Å². The monoisotopic (exact) mass is 335 g/mol. The Morgan fingerprint density at radius 2 is 2.04 bits per heavy atom. The van der Waals surface area contributed by atoms with Gasteiger partial charge < -0.3 is 10.2 Å². The van der Waals surface area contributed by atoms with Crippen molar-refractivity contribution in [2.45, 2.75) is 32.9 Å². The molecule has 25 heavy (non-hydrogen) atoms. The molecule has 1 unspecified atom stereocenters.